The van der Waals surface area contributed by atoms with Crippen LogP contribution in [0.3, 0.4) is 0 Å². The van der Waals surface area contributed by atoms with Crippen LogP contribution in [0.1, 0.15) is 5.56 Å². The number of pyridine rings is 1. The van der Waals surface area contributed by atoms with Gasteiger partial charge in [-0.05, 0) is 23.8 Å². The molecule has 0 aliphatic rings. The van der Waals surface area contributed by atoms with E-state index in [1.54, 1.807) is 18.3 Å². The third kappa shape index (κ3) is 2.02. The van der Waals surface area contributed by atoms with Crippen molar-refractivity contribution in [3.63, 3.8) is 0 Å². The van der Waals surface area contributed by atoms with Crippen LogP contribution in [0.2, 0.25) is 0 Å². The molecule has 0 unspecified atom stereocenters. The summed E-state index contributed by atoms with van der Waals surface area (Å²) in [7, 11) is 0. The number of aliphatic hydroxyl groups excluding tert-OH is 1. The predicted molar refractivity (Wildman–Crippen MR) is 57.9 cm³/mol. The van der Waals surface area contributed by atoms with Gasteiger partial charge in [0.2, 0.25) is 0 Å². The van der Waals surface area contributed by atoms with E-state index in [0.29, 0.717) is 0 Å². The molecule has 0 aliphatic carbocycles. The number of benzene rings is 1. The SMILES string of the molecule is OC/C(F)=C/c1cccc2ncccc12. The van der Waals surface area contributed by atoms with Gasteiger partial charge < -0.3 is 5.11 Å². The standard InChI is InChI=1S/C12H10FNO/c13-10(8-15)7-9-3-1-5-12-11(9)4-2-6-14-12/h1-7,15H,8H2/b10-7-. The highest BCUT2D eigenvalue weighted by molar-refractivity contribution is 5.87. The second kappa shape index (κ2) is 4.19. The lowest BCUT2D eigenvalue weighted by Crippen LogP contribution is -1.85. The summed E-state index contributed by atoms with van der Waals surface area (Å²) in [5.74, 6) is -0.550. The van der Waals surface area contributed by atoms with Crippen molar-refractivity contribution >= 4 is 17.0 Å². The average molecular weight is 203 g/mol. The third-order valence-corrected chi connectivity index (χ3v) is 2.14. The first-order valence-electron chi connectivity index (χ1n) is 4.62. The normalized spacial score (nSPS) is 12.0. The minimum absolute atomic E-state index is 0.550. The number of fused-ring (bicyclic) bond motifs is 1. The highest BCUT2D eigenvalue weighted by Crippen LogP contribution is 2.19. The van der Waals surface area contributed by atoms with Crippen LogP contribution in [0.15, 0.2) is 42.4 Å². The molecule has 3 heteroatoms. The van der Waals surface area contributed by atoms with Crippen molar-refractivity contribution in [3.05, 3.63) is 47.9 Å². The van der Waals surface area contributed by atoms with E-state index < -0.39 is 12.4 Å². The van der Waals surface area contributed by atoms with E-state index in [1.165, 1.54) is 6.08 Å². The quantitative estimate of drug-likeness (QED) is 0.813. The summed E-state index contributed by atoms with van der Waals surface area (Å²) < 4.78 is 12.9. The first-order valence-corrected chi connectivity index (χ1v) is 4.62. The second-order valence-corrected chi connectivity index (χ2v) is 3.17. The highest BCUT2D eigenvalue weighted by atomic mass is 19.1. The lowest BCUT2D eigenvalue weighted by molar-refractivity contribution is 0.300. The number of nitrogens with zero attached hydrogens (tertiary/aromatic N) is 1. The Morgan fingerprint density at radius 2 is 2.20 bits per heavy atom. The Balaban J connectivity index is 2.61. The molecular weight excluding hydrogens is 193 g/mol. The van der Waals surface area contributed by atoms with Crippen molar-refractivity contribution in [1.29, 1.82) is 0 Å². The van der Waals surface area contributed by atoms with Crippen LogP contribution in [-0.2, 0) is 0 Å². The zero-order chi connectivity index (χ0) is 10.7. The maximum absolute atomic E-state index is 12.9. The molecule has 0 amide bonds. The van der Waals surface area contributed by atoms with Crippen molar-refractivity contribution < 1.29 is 9.50 Å². The van der Waals surface area contributed by atoms with Gasteiger partial charge in [0.25, 0.3) is 0 Å². The summed E-state index contributed by atoms with van der Waals surface area (Å²) in [5.41, 5.74) is 1.55. The Morgan fingerprint density at radius 1 is 1.33 bits per heavy atom. The Morgan fingerprint density at radius 3 is 3.00 bits per heavy atom. The second-order valence-electron chi connectivity index (χ2n) is 3.17. The van der Waals surface area contributed by atoms with Gasteiger partial charge in [0.1, 0.15) is 5.83 Å². The lowest BCUT2D eigenvalue weighted by atomic mass is 10.1. The smallest absolute Gasteiger partial charge is 0.126 e. The van der Waals surface area contributed by atoms with Gasteiger partial charge in [-0.3, -0.25) is 4.98 Å². The molecule has 1 aromatic carbocycles. The molecule has 1 N–H and O–H groups in total. The highest BCUT2D eigenvalue weighted by Gasteiger charge is 1.99. The van der Waals surface area contributed by atoms with Crippen molar-refractivity contribution in [2.75, 3.05) is 6.61 Å². The molecule has 15 heavy (non-hydrogen) atoms. The van der Waals surface area contributed by atoms with Gasteiger partial charge in [0.15, 0.2) is 0 Å². The molecule has 2 nitrogen and oxygen atoms in total. The van der Waals surface area contributed by atoms with Crippen molar-refractivity contribution in [3.8, 4) is 0 Å². The van der Waals surface area contributed by atoms with Gasteiger partial charge >= 0.3 is 0 Å². The van der Waals surface area contributed by atoms with Gasteiger partial charge in [-0.2, -0.15) is 0 Å². The van der Waals surface area contributed by atoms with Gasteiger partial charge in [-0.1, -0.05) is 18.2 Å². The molecule has 76 valence electrons. The maximum atomic E-state index is 12.9. The molecule has 0 atom stereocenters. The molecule has 0 saturated heterocycles. The van der Waals surface area contributed by atoms with E-state index in [2.05, 4.69) is 4.98 Å². The van der Waals surface area contributed by atoms with E-state index in [0.717, 1.165) is 16.5 Å². The molecule has 1 heterocycles. The summed E-state index contributed by atoms with van der Waals surface area (Å²) in [5, 5.41) is 9.49. The fraction of sp³-hybridized carbons (Fsp3) is 0.0833. The predicted octanol–water partition coefficient (Wildman–Crippen LogP) is 2.54. The van der Waals surface area contributed by atoms with Crippen LogP contribution in [-0.4, -0.2) is 16.7 Å². The first kappa shape index (κ1) is 9.80. The Hall–Kier alpha value is -1.74. The largest absolute Gasteiger partial charge is 0.389 e. The topological polar surface area (TPSA) is 33.1 Å². The molecule has 0 bridgehead atoms. The Kier molecular flexibility index (Phi) is 2.74. The van der Waals surface area contributed by atoms with Gasteiger partial charge in [-0.15, -0.1) is 0 Å². The summed E-state index contributed by atoms with van der Waals surface area (Å²) in [6, 6.07) is 9.14. The third-order valence-electron chi connectivity index (χ3n) is 2.14. The van der Waals surface area contributed by atoms with Crippen molar-refractivity contribution in [2.45, 2.75) is 0 Å². The van der Waals surface area contributed by atoms with E-state index in [-0.39, 0.29) is 0 Å². The van der Waals surface area contributed by atoms with E-state index in [1.807, 2.05) is 18.2 Å². The lowest BCUT2D eigenvalue weighted by Gasteiger charge is -2.00. The fourth-order valence-corrected chi connectivity index (χ4v) is 1.47. The summed E-state index contributed by atoms with van der Waals surface area (Å²) in [4.78, 5) is 4.16. The van der Waals surface area contributed by atoms with Crippen LogP contribution in [0.5, 0.6) is 0 Å². The number of halogens is 1. The van der Waals surface area contributed by atoms with Gasteiger partial charge in [0.05, 0.1) is 12.1 Å². The molecular formula is C12H10FNO. The number of hydrogen-bond acceptors (Lipinski definition) is 2. The molecule has 1 aromatic heterocycles. The number of hydrogen-bond donors (Lipinski definition) is 1. The minimum Gasteiger partial charge on any atom is -0.389 e. The van der Waals surface area contributed by atoms with Gasteiger partial charge in [-0.25, -0.2) is 4.39 Å². The summed E-state index contributed by atoms with van der Waals surface area (Å²) in [6.07, 6.45) is 3.02. The molecule has 0 radical (unpaired) electrons. The fourth-order valence-electron chi connectivity index (χ4n) is 1.47. The first-order chi connectivity index (χ1) is 7.31. The van der Waals surface area contributed by atoms with Crippen LogP contribution >= 0.6 is 0 Å². The van der Waals surface area contributed by atoms with Crippen LogP contribution < -0.4 is 0 Å². The zero-order valence-electron chi connectivity index (χ0n) is 8.02. The van der Waals surface area contributed by atoms with Crippen molar-refractivity contribution in [2.24, 2.45) is 0 Å². The molecule has 2 aromatic rings. The number of aromatic nitrogens is 1. The van der Waals surface area contributed by atoms with E-state index >= 15 is 0 Å². The minimum atomic E-state index is -0.573. The van der Waals surface area contributed by atoms with Crippen LogP contribution in [0, 0.1) is 0 Å². The maximum Gasteiger partial charge on any atom is 0.126 e. The monoisotopic (exact) mass is 203 g/mol. The number of rotatable bonds is 2. The van der Waals surface area contributed by atoms with E-state index in [9.17, 15) is 4.39 Å². The van der Waals surface area contributed by atoms with Crippen LogP contribution in [0.4, 0.5) is 4.39 Å². The van der Waals surface area contributed by atoms with Crippen LogP contribution in [0.25, 0.3) is 17.0 Å². The van der Waals surface area contributed by atoms with Gasteiger partial charge in [0, 0.05) is 11.6 Å². The number of aliphatic hydroxyl groups is 1. The average Bonchev–Trinajstić information content (AvgIpc) is 2.29. The van der Waals surface area contributed by atoms with E-state index in [4.69, 9.17) is 5.11 Å². The van der Waals surface area contributed by atoms with Crippen molar-refractivity contribution in [1.82, 2.24) is 4.98 Å². The molecule has 0 spiro atoms. The zero-order valence-corrected chi connectivity index (χ0v) is 8.02. The Labute approximate surface area is 86.7 Å². The summed E-state index contributed by atoms with van der Waals surface area (Å²) in [6.45, 7) is -0.573. The molecule has 0 aliphatic heterocycles. The Bertz CT molecular complexity index is 502. The molecule has 0 fully saturated rings. The summed E-state index contributed by atoms with van der Waals surface area (Å²) >= 11 is 0. The molecule has 0 saturated carbocycles. The molecule has 2 rings (SSSR count).